The maximum Gasteiger partial charge on any atom is 0.408 e. The van der Waals surface area contributed by atoms with Crippen molar-refractivity contribution in [2.45, 2.75) is 19.1 Å². The second-order valence-electron chi connectivity index (χ2n) is 7.68. The Balaban J connectivity index is 1.74. The number of fused-ring (bicyclic) bond motifs is 1. The van der Waals surface area contributed by atoms with Crippen LogP contribution in [0.2, 0.25) is 0 Å². The Labute approximate surface area is 192 Å². The van der Waals surface area contributed by atoms with Gasteiger partial charge in [0.15, 0.2) is 0 Å². The number of ether oxygens (including phenoxy) is 2. The number of nitrogens with one attached hydrogen (secondary N) is 1. The molecule has 1 N–H and O–H groups in total. The van der Waals surface area contributed by atoms with E-state index in [1.165, 1.54) is 14.2 Å². The number of imidazole rings is 1. The van der Waals surface area contributed by atoms with E-state index in [4.69, 9.17) is 9.47 Å². The standard InChI is InChI=1S/C23H22F3N5O3/c1-13(23(24,25)26)29-22(32)21-18(33-3)7-15(8-19(21)34-4)17-11-27-20-9-14(5-6-31(17)20)16-10-28-30(2)12-16/h5-13H,1-4H3,(H,29,32)/t13-/m1/s1. The summed E-state index contributed by atoms with van der Waals surface area (Å²) in [5.74, 6) is -0.810. The molecule has 0 bridgehead atoms. The summed E-state index contributed by atoms with van der Waals surface area (Å²) in [5, 5.41) is 6.13. The van der Waals surface area contributed by atoms with Crippen molar-refractivity contribution >= 4 is 11.6 Å². The van der Waals surface area contributed by atoms with Gasteiger partial charge in [0.25, 0.3) is 5.91 Å². The molecule has 0 aliphatic heterocycles. The van der Waals surface area contributed by atoms with Gasteiger partial charge in [0.2, 0.25) is 0 Å². The monoisotopic (exact) mass is 473 g/mol. The van der Waals surface area contributed by atoms with Gasteiger partial charge in [-0.05, 0) is 36.8 Å². The number of benzene rings is 1. The minimum absolute atomic E-state index is 0.0724. The molecule has 0 radical (unpaired) electrons. The molecule has 1 aromatic carbocycles. The molecule has 1 atom stereocenters. The van der Waals surface area contributed by atoms with E-state index < -0.39 is 18.1 Å². The van der Waals surface area contributed by atoms with Crippen LogP contribution in [0.4, 0.5) is 13.2 Å². The lowest BCUT2D eigenvalue weighted by Crippen LogP contribution is -2.43. The number of nitrogens with zero attached hydrogens (tertiary/aromatic N) is 4. The number of halogens is 3. The van der Waals surface area contributed by atoms with Crippen molar-refractivity contribution in [3.05, 3.63) is 54.6 Å². The van der Waals surface area contributed by atoms with E-state index in [9.17, 15) is 18.0 Å². The van der Waals surface area contributed by atoms with E-state index in [-0.39, 0.29) is 17.1 Å². The summed E-state index contributed by atoms with van der Waals surface area (Å²) < 4.78 is 53.1. The third-order valence-electron chi connectivity index (χ3n) is 5.42. The molecular weight excluding hydrogens is 451 g/mol. The molecule has 0 aliphatic rings. The van der Waals surface area contributed by atoms with E-state index in [0.29, 0.717) is 16.9 Å². The number of rotatable bonds is 6. The van der Waals surface area contributed by atoms with Crippen LogP contribution in [0.5, 0.6) is 11.5 Å². The number of carbonyl (C=O) groups excluding carboxylic acids is 1. The van der Waals surface area contributed by atoms with Crippen LogP contribution in [0.3, 0.4) is 0 Å². The van der Waals surface area contributed by atoms with Crippen LogP contribution in [0.15, 0.2) is 49.1 Å². The van der Waals surface area contributed by atoms with Gasteiger partial charge in [-0.1, -0.05) is 0 Å². The van der Waals surface area contributed by atoms with E-state index in [1.54, 1.807) is 29.2 Å². The lowest BCUT2D eigenvalue weighted by Gasteiger charge is -2.20. The summed E-state index contributed by atoms with van der Waals surface area (Å²) in [6, 6.07) is 4.92. The molecule has 4 rings (SSSR count). The fraction of sp³-hybridized carbons (Fsp3) is 0.261. The van der Waals surface area contributed by atoms with Crippen LogP contribution in [0.25, 0.3) is 28.0 Å². The largest absolute Gasteiger partial charge is 0.496 e. The molecule has 8 nitrogen and oxygen atoms in total. The Hall–Kier alpha value is -4.02. The van der Waals surface area contributed by atoms with Crippen LogP contribution in [-0.4, -0.2) is 51.5 Å². The summed E-state index contributed by atoms with van der Waals surface area (Å²) in [7, 11) is 4.50. The first-order valence-corrected chi connectivity index (χ1v) is 10.2. The average molecular weight is 473 g/mol. The van der Waals surface area contributed by atoms with Crippen molar-refractivity contribution in [1.29, 1.82) is 0 Å². The summed E-state index contributed by atoms with van der Waals surface area (Å²) in [6.45, 7) is 0.864. The highest BCUT2D eigenvalue weighted by atomic mass is 19.4. The van der Waals surface area contributed by atoms with Gasteiger partial charge in [-0.15, -0.1) is 0 Å². The highest BCUT2D eigenvalue weighted by molar-refractivity contribution is 6.01. The third kappa shape index (κ3) is 4.28. The molecule has 0 unspecified atom stereocenters. The fourth-order valence-electron chi connectivity index (χ4n) is 3.58. The first-order chi connectivity index (χ1) is 16.1. The zero-order chi connectivity index (χ0) is 24.6. The van der Waals surface area contributed by atoms with E-state index in [1.807, 2.05) is 41.3 Å². The smallest absolute Gasteiger partial charge is 0.408 e. The van der Waals surface area contributed by atoms with Crippen molar-refractivity contribution < 1.29 is 27.4 Å². The topological polar surface area (TPSA) is 82.7 Å². The van der Waals surface area contributed by atoms with Crippen LogP contribution < -0.4 is 14.8 Å². The van der Waals surface area contributed by atoms with Crippen molar-refractivity contribution in [3.63, 3.8) is 0 Å². The molecule has 0 spiro atoms. The first kappa shape index (κ1) is 23.1. The number of hydrogen-bond donors (Lipinski definition) is 1. The molecular formula is C23H22F3N5O3. The number of hydrogen-bond acceptors (Lipinski definition) is 5. The van der Waals surface area contributed by atoms with Gasteiger partial charge in [0.1, 0.15) is 28.8 Å². The predicted octanol–water partition coefficient (Wildman–Crippen LogP) is 4.10. The van der Waals surface area contributed by atoms with Gasteiger partial charge in [-0.2, -0.15) is 18.3 Å². The Kier molecular flexibility index (Phi) is 5.94. The number of methoxy groups -OCH3 is 2. The molecule has 0 saturated carbocycles. The zero-order valence-corrected chi connectivity index (χ0v) is 18.8. The maximum absolute atomic E-state index is 12.9. The predicted molar refractivity (Wildman–Crippen MR) is 119 cm³/mol. The Bertz CT molecular complexity index is 1330. The van der Waals surface area contributed by atoms with E-state index in [0.717, 1.165) is 18.1 Å². The van der Waals surface area contributed by atoms with Gasteiger partial charge in [-0.3, -0.25) is 13.9 Å². The van der Waals surface area contributed by atoms with Gasteiger partial charge in [-0.25, -0.2) is 4.98 Å². The molecule has 178 valence electrons. The van der Waals surface area contributed by atoms with Gasteiger partial charge in [0.05, 0.1) is 32.3 Å². The molecule has 11 heteroatoms. The molecule has 0 aliphatic carbocycles. The number of carbonyl (C=O) groups is 1. The second-order valence-corrected chi connectivity index (χ2v) is 7.68. The normalized spacial score (nSPS) is 12.6. The van der Waals surface area contributed by atoms with Crippen molar-refractivity contribution in [1.82, 2.24) is 24.5 Å². The quantitative estimate of drug-likeness (QED) is 0.456. The highest BCUT2D eigenvalue weighted by Gasteiger charge is 2.38. The van der Waals surface area contributed by atoms with Gasteiger partial charge >= 0.3 is 6.18 Å². The third-order valence-corrected chi connectivity index (χ3v) is 5.42. The summed E-state index contributed by atoms with van der Waals surface area (Å²) in [4.78, 5) is 17.1. The van der Waals surface area contributed by atoms with E-state index >= 15 is 0 Å². The minimum Gasteiger partial charge on any atom is -0.496 e. The molecule has 4 aromatic rings. The zero-order valence-electron chi connectivity index (χ0n) is 18.8. The maximum atomic E-state index is 12.9. The molecule has 1 amide bonds. The Morgan fingerprint density at radius 3 is 2.29 bits per heavy atom. The van der Waals surface area contributed by atoms with Crippen molar-refractivity contribution in [3.8, 4) is 33.9 Å². The first-order valence-electron chi connectivity index (χ1n) is 10.2. The second kappa shape index (κ2) is 8.73. The van der Waals surface area contributed by atoms with Crippen LogP contribution in [-0.2, 0) is 7.05 Å². The number of aryl methyl sites for hydroxylation is 1. The van der Waals surface area contributed by atoms with Crippen LogP contribution in [0.1, 0.15) is 17.3 Å². The summed E-state index contributed by atoms with van der Waals surface area (Å²) >= 11 is 0. The van der Waals surface area contributed by atoms with Gasteiger partial charge in [0, 0.05) is 30.6 Å². The molecule has 34 heavy (non-hydrogen) atoms. The molecule has 3 heterocycles. The van der Waals surface area contributed by atoms with Crippen LogP contribution >= 0.6 is 0 Å². The van der Waals surface area contributed by atoms with Gasteiger partial charge < -0.3 is 14.8 Å². The lowest BCUT2D eigenvalue weighted by molar-refractivity contribution is -0.149. The highest BCUT2D eigenvalue weighted by Crippen LogP contribution is 2.36. The van der Waals surface area contributed by atoms with E-state index in [2.05, 4.69) is 10.1 Å². The number of amides is 1. The SMILES string of the molecule is COc1cc(-c2cnc3cc(-c4cnn(C)c4)ccn23)cc(OC)c1C(=O)N[C@H](C)C(F)(F)F. The number of aromatic nitrogens is 4. The molecule has 0 fully saturated rings. The Morgan fingerprint density at radius 2 is 1.74 bits per heavy atom. The fourth-order valence-corrected chi connectivity index (χ4v) is 3.58. The Morgan fingerprint density at radius 1 is 1.06 bits per heavy atom. The lowest BCUT2D eigenvalue weighted by atomic mass is 10.0. The van der Waals surface area contributed by atoms with Crippen molar-refractivity contribution in [2.24, 2.45) is 7.05 Å². The number of pyridine rings is 1. The minimum atomic E-state index is -4.58. The summed E-state index contributed by atoms with van der Waals surface area (Å²) in [6.07, 6.45) is 2.58. The average Bonchev–Trinajstić information content (AvgIpc) is 3.43. The molecule has 0 saturated heterocycles. The number of alkyl halides is 3. The van der Waals surface area contributed by atoms with Crippen LogP contribution in [0, 0.1) is 0 Å². The van der Waals surface area contributed by atoms with Crippen molar-refractivity contribution in [2.75, 3.05) is 14.2 Å². The molecule has 3 aromatic heterocycles. The summed E-state index contributed by atoms with van der Waals surface area (Å²) in [5.41, 5.74) is 3.73.